The minimum absolute atomic E-state index is 0.0143. The van der Waals surface area contributed by atoms with E-state index in [0.29, 0.717) is 5.56 Å². The lowest BCUT2D eigenvalue weighted by Gasteiger charge is -2.29. The zero-order valence-corrected chi connectivity index (χ0v) is 11.2. The first-order chi connectivity index (χ1) is 9.58. The molecule has 1 fully saturated rings. The van der Waals surface area contributed by atoms with Gasteiger partial charge < -0.3 is 11.1 Å². The third kappa shape index (κ3) is 3.54. The highest BCUT2D eigenvalue weighted by Crippen LogP contribution is 2.19. The number of rotatable bonds is 4. The minimum atomic E-state index is -0.463. The van der Waals surface area contributed by atoms with Gasteiger partial charge in [0, 0.05) is 23.7 Å². The van der Waals surface area contributed by atoms with Crippen LogP contribution >= 0.6 is 0 Å². The van der Waals surface area contributed by atoms with Crippen LogP contribution in [0.4, 0.5) is 5.69 Å². The molecule has 0 aliphatic heterocycles. The van der Waals surface area contributed by atoms with Crippen molar-refractivity contribution in [2.75, 3.05) is 0 Å². The van der Waals surface area contributed by atoms with Gasteiger partial charge in [0.25, 0.3) is 5.69 Å². The van der Waals surface area contributed by atoms with Gasteiger partial charge in [-0.25, -0.2) is 0 Å². The Bertz CT molecular complexity index is 504. The molecule has 3 N–H and O–H groups in total. The molecule has 20 heavy (non-hydrogen) atoms. The smallest absolute Gasteiger partial charge is 0.273 e. The Hall–Kier alpha value is -1.95. The molecule has 6 nitrogen and oxygen atoms in total. The first-order valence-electron chi connectivity index (χ1n) is 6.85. The Labute approximate surface area is 117 Å². The van der Waals surface area contributed by atoms with Gasteiger partial charge in [-0.1, -0.05) is 31.0 Å². The second-order valence-corrected chi connectivity index (χ2v) is 5.18. The highest BCUT2D eigenvalue weighted by atomic mass is 16.6. The Morgan fingerprint density at radius 1 is 1.35 bits per heavy atom. The number of nitrogens with two attached hydrogens (primary N) is 1. The van der Waals surface area contributed by atoms with E-state index in [1.807, 2.05) is 0 Å². The fourth-order valence-corrected chi connectivity index (χ4v) is 2.61. The van der Waals surface area contributed by atoms with E-state index >= 15 is 0 Å². The molecule has 0 heterocycles. The molecular weight excluding hydrogens is 258 g/mol. The van der Waals surface area contributed by atoms with Crippen molar-refractivity contribution in [2.24, 2.45) is 5.73 Å². The predicted octanol–water partition coefficient (Wildman–Crippen LogP) is 1.52. The maximum absolute atomic E-state index is 12.0. The first kappa shape index (κ1) is 14.5. The monoisotopic (exact) mass is 277 g/mol. The van der Waals surface area contributed by atoms with Crippen LogP contribution in [0.15, 0.2) is 24.3 Å². The molecule has 0 aromatic heterocycles. The normalized spacial score (nSPS) is 22.2. The summed E-state index contributed by atoms with van der Waals surface area (Å²) in [5, 5.41) is 13.8. The number of para-hydroxylation sites is 1. The number of nitrogens with zero attached hydrogens (tertiary/aromatic N) is 1. The van der Waals surface area contributed by atoms with Crippen molar-refractivity contribution in [1.29, 1.82) is 0 Å². The molecule has 1 saturated carbocycles. The third-order valence-electron chi connectivity index (χ3n) is 3.71. The highest BCUT2D eigenvalue weighted by Gasteiger charge is 2.24. The fraction of sp³-hybridized carbons (Fsp3) is 0.500. The molecule has 0 unspecified atom stereocenters. The summed E-state index contributed by atoms with van der Waals surface area (Å²) in [5.74, 6) is -0.207. The summed E-state index contributed by atoms with van der Waals surface area (Å²) in [6.07, 6.45) is 3.96. The van der Waals surface area contributed by atoms with Gasteiger partial charge in [0.05, 0.1) is 11.3 Å². The Balaban J connectivity index is 1.99. The van der Waals surface area contributed by atoms with E-state index < -0.39 is 4.92 Å². The minimum Gasteiger partial charge on any atom is -0.352 e. The Morgan fingerprint density at radius 2 is 2.05 bits per heavy atom. The molecular formula is C14H19N3O3. The van der Waals surface area contributed by atoms with Crippen LogP contribution < -0.4 is 11.1 Å². The van der Waals surface area contributed by atoms with Crippen LogP contribution in [-0.4, -0.2) is 22.9 Å². The maximum atomic E-state index is 12.0. The van der Waals surface area contributed by atoms with Gasteiger partial charge in [0.1, 0.15) is 0 Å². The topological polar surface area (TPSA) is 98.3 Å². The van der Waals surface area contributed by atoms with Gasteiger partial charge in [-0.15, -0.1) is 0 Å². The number of hydrogen-bond donors (Lipinski definition) is 2. The summed E-state index contributed by atoms with van der Waals surface area (Å²) < 4.78 is 0. The van der Waals surface area contributed by atoms with E-state index in [4.69, 9.17) is 5.73 Å². The van der Waals surface area contributed by atoms with Crippen molar-refractivity contribution in [3.05, 3.63) is 39.9 Å². The van der Waals surface area contributed by atoms with E-state index in [1.165, 1.54) is 6.07 Å². The average molecular weight is 277 g/mol. The van der Waals surface area contributed by atoms with Crippen LogP contribution in [0.3, 0.4) is 0 Å². The maximum Gasteiger partial charge on any atom is 0.273 e. The van der Waals surface area contributed by atoms with Gasteiger partial charge in [-0.05, 0) is 12.8 Å². The summed E-state index contributed by atoms with van der Waals surface area (Å²) >= 11 is 0. The van der Waals surface area contributed by atoms with Gasteiger partial charge >= 0.3 is 0 Å². The van der Waals surface area contributed by atoms with E-state index in [-0.39, 0.29) is 30.1 Å². The quantitative estimate of drug-likeness (QED) is 0.644. The van der Waals surface area contributed by atoms with E-state index in [1.54, 1.807) is 18.2 Å². The van der Waals surface area contributed by atoms with Crippen molar-refractivity contribution < 1.29 is 9.72 Å². The zero-order valence-electron chi connectivity index (χ0n) is 11.2. The standard InChI is InChI=1S/C14H19N3O3/c15-11-6-2-3-7-12(11)16-14(18)9-10-5-1-4-8-13(10)17(19)20/h1,4-5,8,11-12H,2-3,6-7,9,15H2,(H,16,18)/t11-,12-/m1/s1. The third-order valence-corrected chi connectivity index (χ3v) is 3.71. The van der Waals surface area contributed by atoms with Crippen LogP contribution in [0.5, 0.6) is 0 Å². The molecule has 108 valence electrons. The van der Waals surface area contributed by atoms with Crippen molar-refractivity contribution in [3.8, 4) is 0 Å². The number of nitro benzene ring substituents is 1. The van der Waals surface area contributed by atoms with E-state index in [9.17, 15) is 14.9 Å². The number of nitrogens with one attached hydrogen (secondary N) is 1. The number of hydrogen-bond acceptors (Lipinski definition) is 4. The molecule has 1 aromatic carbocycles. The largest absolute Gasteiger partial charge is 0.352 e. The predicted molar refractivity (Wildman–Crippen MR) is 75.2 cm³/mol. The number of amides is 1. The molecule has 0 bridgehead atoms. The Morgan fingerprint density at radius 3 is 2.75 bits per heavy atom. The molecule has 6 heteroatoms. The summed E-state index contributed by atoms with van der Waals surface area (Å²) in [6.45, 7) is 0. The molecule has 2 rings (SSSR count). The molecule has 2 atom stereocenters. The molecule has 1 aliphatic carbocycles. The van der Waals surface area contributed by atoms with Crippen LogP contribution in [0.2, 0.25) is 0 Å². The first-order valence-corrected chi connectivity index (χ1v) is 6.85. The number of carbonyl (C=O) groups excluding carboxylic acids is 1. The van der Waals surface area contributed by atoms with Crippen LogP contribution in [0, 0.1) is 10.1 Å². The average Bonchev–Trinajstić information content (AvgIpc) is 2.41. The number of nitro groups is 1. The van der Waals surface area contributed by atoms with Gasteiger partial charge in [0.2, 0.25) is 5.91 Å². The lowest BCUT2D eigenvalue weighted by molar-refractivity contribution is -0.385. The summed E-state index contributed by atoms with van der Waals surface area (Å²) in [4.78, 5) is 22.4. The van der Waals surface area contributed by atoms with Gasteiger partial charge in [0.15, 0.2) is 0 Å². The molecule has 0 spiro atoms. The van der Waals surface area contributed by atoms with E-state index in [0.717, 1.165) is 25.7 Å². The summed E-state index contributed by atoms with van der Waals surface area (Å²) in [5.41, 5.74) is 6.39. The molecule has 1 aliphatic rings. The lowest BCUT2D eigenvalue weighted by atomic mass is 9.91. The summed E-state index contributed by atoms with van der Waals surface area (Å²) in [6, 6.07) is 6.28. The fourth-order valence-electron chi connectivity index (χ4n) is 2.61. The number of benzene rings is 1. The van der Waals surface area contributed by atoms with Crippen molar-refractivity contribution >= 4 is 11.6 Å². The highest BCUT2D eigenvalue weighted by molar-refractivity contribution is 5.80. The van der Waals surface area contributed by atoms with Crippen LogP contribution in [-0.2, 0) is 11.2 Å². The van der Waals surface area contributed by atoms with E-state index in [2.05, 4.69) is 5.32 Å². The molecule has 0 radical (unpaired) electrons. The van der Waals surface area contributed by atoms with Crippen molar-refractivity contribution in [2.45, 2.75) is 44.2 Å². The lowest BCUT2D eigenvalue weighted by Crippen LogP contribution is -2.49. The van der Waals surface area contributed by atoms with Gasteiger partial charge in [-0.2, -0.15) is 0 Å². The van der Waals surface area contributed by atoms with Crippen LogP contribution in [0.1, 0.15) is 31.2 Å². The molecule has 0 saturated heterocycles. The van der Waals surface area contributed by atoms with Crippen molar-refractivity contribution in [3.63, 3.8) is 0 Å². The van der Waals surface area contributed by atoms with Gasteiger partial charge in [-0.3, -0.25) is 14.9 Å². The Kier molecular flexibility index (Phi) is 4.68. The number of carbonyl (C=O) groups is 1. The summed E-state index contributed by atoms with van der Waals surface area (Å²) in [7, 11) is 0. The van der Waals surface area contributed by atoms with Crippen LogP contribution in [0.25, 0.3) is 0 Å². The molecule has 1 amide bonds. The molecule has 1 aromatic rings. The SMILES string of the molecule is N[C@@H]1CCCC[C@H]1NC(=O)Cc1ccccc1[N+](=O)[O-]. The van der Waals surface area contributed by atoms with Crippen molar-refractivity contribution in [1.82, 2.24) is 5.32 Å². The second kappa shape index (κ2) is 6.47. The zero-order chi connectivity index (χ0) is 14.5. The second-order valence-electron chi connectivity index (χ2n) is 5.18.